The number of carbonyl (C=O) groups is 2. The lowest BCUT2D eigenvalue weighted by Gasteiger charge is -2.23. The minimum Gasteiger partial charge on any atom is -0.357 e. The van der Waals surface area contributed by atoms with Crippen molar-refractivity contribution < 1.29 is 9.59 Å². The van der Waals surface area contributed by atoms with Crippen molar-refractivity contribution in [3.8, 4) is 0 Å². The Hall–Kier alpha value is -2.04. The Morgan fingerprint density at radius 3 is 2.67 bits per heavy atom. The maximum absolute atomic E-state index is 12.1. The molecule has 0 aromatic heterocycles. The minimum atomic E-state index is -0.348. The number of likely N-dealkylation sites (tertiary alicyclic amines) is 1. The molecule has 1 aliphatic heterocycles. The quantitative estimate of drug-likeness (QED) is 0.830. The number of anilines is 1. The van der Waals surface area contributed by atoms with E-state index >= 15 is 0 Å². The highest BCUT2D eigenvalue weighted by atomic mass is 16.2. The molecule has 2 rings (SSSR count). The largest absolute Gasteiger partial charge is 0.357 e. The molecular weight excluding hydrogens is 230 g/mol. The monoisotopic (exact) mass is 247 g/mol. The van der Waals surface area contributed by atoms with E-state index in [9.17, 15) is 9.59 Å². The second kappa shape index (κ2) is 5.53. The molecule has 0 unspecified atom stereocenters. The fourth-order valence-corrected chi connectivity index (χ4v) is 2.17. The van der Waals surface area contributed by atoms with Crippen molar-refractivity contribution in [2.45, 2.75) is 18.9 Å². The summed E-state index contributed by atoms with van der Waals surface area (Å²) in [6.07, 6.45) is 1.59. The molecule has 5 heteroatoms. The lowest BCUT2D eigenvalue weighted by atomic mass is 10.2. The third-order valence-electron chi connectivity index (χ3n) is 3.09. The molecule has 2 N–H and O–H groups in total. The van der Waals surface area contributed by atoms with Crippen LogP contribution in [-0.2, 0) is 4.79 Å². The van der Waals surface area contributed by atoms with Gasteiger partial charge in [0.25, 0.3) is 0 Å². The molecule has 3 amide bonds. The third-order valence-corrected chi connectivity index (χ3v) is 3.09. The summed E-state index contributed by atoms with van der Waals surface area (Å²) in [6, 6.07) is 8.68. The molecule has 96 valence electrons. The summed E-state index contributed by atoms with van der Waals surface area (Å²) in [5, 5.41) is 5.39. The van der Waals surface area contributed by atoms with E-state index in [0.29, 0.717) is 6.54 Å². The molecule has 18 heavy (non-hydrogen) atoms. The van der Waals surface area contributed by atoms with E-state index in [-0.39, 0.29) is 18.0 Å². The number of rotatable bonds is 2. The Kier molecular flexibility index (Phi) is 3.82. The average Bonchev–Trinajstić information content (AvgIpc) is 2.88. The summed E-state index contributed by atoms with van der Waals surface area (Å²) in [5.74, 6) is -0.101. The number of nitrogens with zero attached hydrogens (tertiary/aromatic N) is 1. The molecule has 0 saturated carbocycles. The zero-order chi connectivity index (χ0) is 13.0. The Labute approximate surface area is 106 Å². The predicted octanol–water partition coefficient (Wildman–Crippen LogP) is 1.43. The van der Waals surface area contributed by atoms with Crippen LogP contribution in [0, 0.1) is 0 Å². The first kappa shape index (κ1) is 12.4. The first-order valence-corrected chi connectivity index (χ1v) is 6.06. The number of hydrogen-bond donors (Lipinski definition) is 2. The number of para-hydroxylation sites is 1. The lowest BCUT2D eigenvalue weighted by molar-refractivity contribution is -0.124. The first-order valence-electron chi connectivity index (χ1n) is 6.06. The van der Waals surface area contributed by atoms with Gasteiger partial charge in [0.1, 0.15) is 6.04 Å². The lowest BCUT2D eigenvalue weighted by Crippen LogP contribution is -2.46. The summed E-state index contributed by atoms with van der Waals surface area (Å²) in [7, 11) is 1.59. The normalized spacial score (nSPS) is 18.5. The Bertz CT molecular complexity index is 433. The van der Waals surface area contributed by atoms with E-state index < -0.39 is 0 Å². The first-order chi connectivity index (χ1) is 8.72. The standard InChI is InChI=1S/C13H17N3O2/c1-14-12(17)11-8-5-9-16(11)13(18)15-10-6-3-2-4-7-10/h2-4,6-7,11H,5,8-9H2,1H3,(H,14,17)(H,15,18)/t11-/m0/s1. The van der Waals surface area contributed by atoms with Gasteiger partial charge in [-0.15, -0.1) is 0 Å². The summed E-state index contributed by atoms with van der Waals surface area (Å²) < 4.78 is 0. The van der Waals surface area contributed by atoms with E-state index in [4.69, 9.17) is 0 Å². The minimum absolute atomic E-state index is 0.101. The SMILES string of the molecule is CNC(=O)[C@@H]1CCCN1C(=O)Nc1ccccc1. The van der Waals surface area contributed by atoms with Crippen molar-refractivity contribution in [3.63, 3.8) is 0 Å². The molecular formula is C13H17N3O2. The zero-order valence-electron chi connectivity index (χ0n) is 10.3. The van der Waals surface area contributed by atoms with E-state index in [1.165, 1.54) is 0 Å². The zero-order valence-corrected chi connectivity index (χ0v) is 10.3. The molecule has 1 fully saturated rings. The van der Waals surface area contributed by atoms with E-state index in [1.54, 1.807) is 11.9 Å². The number of urea groups is 1. The maximum Gasteiger partial charge on any atom is 0.322 e. The van der Waals surface area contributed by atoms with E-state index in [0.717, 1.165) is 18.5 Å². The van der Waals surface area contributed by atoms with Gasteiger partial charge in [0.2, 0.25) is 5.91 Å². The third kappa shape index (κ3) is 2.61. The van der Waals surface area contributed by atoms with Crippen LogP contribution in [0.3, 0.4) is 0 Å². The average molecular weight is 247 g/mol. The summed E-state index contributed by atoms with van der Waals surface area (Å²) in [5.41, 5.74) is 0.741. The highest BCUT2D eigenvalue weighted by molar-refractivity contribution is 5.94. The Morgan fingerprint density at radius 2 is 2.00 bits per heavy atom. The van der Waals surface area contributed by atoms with Crippen LogP contribution < -0.4 is 10.6 Å². The van der Waals surface area contributed by atoms with Crippen molar-refractivity contribution >= 4 is 17.6 Å². The van der Waals surface area contributed by atoms with Gasteiger partial charge in [0.15, 0.2) is 0 Å². The summed E-state index contributed by atoms with van der Waals surface area (Å²) in [6.45, 7) is 0.622. The van der Waals surface area contributed by atoms with Crippen LogP contribution in [0.5, 0.6) is 0 Å². The Balaban J connectivity index is 2.02. The van der Waals surface area contributed by atoms with Gasteiger partial charge in [0, 0.05) is 19.3 Å². The molecule has 0 spiro atoms. The maximum atomic E-state index is 12.1. The van der Waals surface area contributed by atoms with Gasteiger partial charge in [-0.05, 0) is 25.0 Å². The van der Waals surface area contributed by atoms with Crippen LogP contribution in [0.1, 0.15) is 12.8 Å². The van der Waals surface area contributed by atoms with Crippen molar-refractivity contribution in [3.05, 3.63) is 30.3 Å². The molecule has 0 bridgehead atoms. The van der Waals surface area contributed by atoms with Gasteiger partial charge in [-0.25, -0.2) is 4.79 Å². The van der Waals surface area contributed by atoms with Crippen LogP contribution in [-0.4, -0.2) is 36.5 Å². The molecule has 0 aliphatic carbocycles. The second-order valence-electron chi connectivity index (χ2n) is 4.26. The summed E-state index contributed by atoms with van der Waals surface area (Å²) in [4.78, 5) is 25.3. The smallest absolute Gasteiger partial charge is 0.322 e. The second-order valence-corrected chi connectivity index (χ2v) is 4.26. The van der Waals surface area contributed by atoms with Gasteiger partial charge in [-0.3, -0.25) is 4.79 Å². The molecule has 1 aromatic carbocycles. The van der Waals surface area contributed by atoms with Gasteiger partial charge in [-0.2, -0.15) is 0 Å². The van der Waals surface area contributed by atoms with E-state index in [1.807, 2.05) is 30.3 Å². The molecule has 1 aliphatic rings. The van der Waals surface area contributed by atoms with Gasteiger partial charge in [-0.1, -0.05) is 18.2 Å². The van der Waals surface area contributed by atoms with Gasteiger partial charge < -0.3 is 15.5 Å². The summed E-state index contributed by atoms with van der Waals surface area (Å²) >= 11 is 0. The van der Waals surface area contributed by atoms with Crippen LogP contribution in [0.4, 0.5) is 10.5 Å². The van der Waals surface area contributed by atoms with Crippen LogP contribution >= 0.6 is 0 Å². The van der Waals surface area contributed by atoms with Crippen molar-refractivity contribution in [2.75, 3.05) is 18.9 Å². The van der Waals surface area contributed by atoms with Crippen LogP contribution in [0.25, 0.3) is 0 Å². The molecule has 0 radical (unpaired) electrons. The number of likely N-dealkylation sites (N-methyl/N-ethyl adjacent to an activating group) is 1. The molecule has 1 aromatic rings. The van der Waals surface area contributed by atoms with Gasteiger partial charge in [0.05, 0.1) is 0 Å². The van der Waals surface area contributed by atoms with Gasteiger partial charge >= 0.3 is 6.03 Å². The van der Waals surface area contributed by atoms with Crippen LogP contribution in [0.15, 0.2) is 30.3 Å². The van der Waals surface area contributed by atoms with Crippen molar-refractivity contribution in [1.29, 1.82) is 0 Å². The topological polar surface area (TPSA) is 61.4 Å². The number of amides is 3. The van der Waals surface area contributed by atoms with E-state index in [2.05, 4.69) is 10.6 Å². The number of benzene rings is 1. The fraction of sp³-hybridized carbons (Fsp3) is 0.385. The molecule has 1 saturated heterocycles. The van der Waals surface area contributed by atoms with Crippen molar-refractivity contribution in [1.82, 2.24) is 10.2 Å². The van der Waals surface area contributed by atoms with Crippen LogP contribution in [0.2, 0.25) is 0 Å². The Morgan fingerprint density at radius 1 is 1.28 bits per heavy atom. The number of carbonyl (C=O) groups excluding carboxylic acids is 2. The molecule has 1 heterocycles. The fourth-order valence-electron chi connectivity index (χ4n) is 2.17. The number of hydrogen-bond acceptors (Lipinski definition) is 2. The predicted molar refractivity (Wildman–Crippen MR) is 69.3 cm³/mol. The number of nitrogens with one attached hydrogen (secondary N) is 2. The molecule has 1 atom stereocenters. The van der Waals surface area contributed by atoms with Crippen molar-refractivity contribution in [2.24, 2.45) is 0 Å². The highest BCUT2D eigenvalue weighted by Gasteiger charge is 2.33. The highest BCUT2D eigenvalue weighted by Crippen LogP contribution is 2.18. The molecule has 5 nitrogen and oxygen atoms in total.